The van der Waals surface area contributed by atoms with Crippen LogP contribution in [-0.2, 0) is 15.6 Å². The smallest absolute Gasteiger partial charge is 0.272 e. The number of carbonyl (C=O) groups excluding carboxylic acids is 2. The fraction of sp³-hybridized carbons (Fsp3) is 0.560. The summed E-state index contributed by atoms with van der Waals surface area (Å²) in [5, 5.41) is 2.80. The van der Waals surface area contributed by atoms with Crippen LogP contribution in [0.4, 0.5) is 0 Å². The third-order valence-corrected chi connectivity index (χ3v) is 7.36. The molecule has 0 radical (unpaired) electrons. The van der Waals surface area contributed by atoms with Gasteiger partial charge in [0.2, 0.25) is 5.91 Å². The number of nitrogens with one attached hydrogen (secondary N) is 1. The number of aryl methyl sites for hydroxylation is 1. The summed E-state index contributed by atoms with van der Waals surface area (Å²) in [6.45, 7) is 6.96. The van der Waals surface area contributed by atoms with Gasteiger partial charge in [0.05, 0.1) is 11.4 Å². The standard InChI is InChI=1S/C25H34N6O2/c1-18-28-19(16-21(29-18)24(2)10-14-30(4)15-11-24)22(32)31-13-7-9-25(17-31,23(33)26-3)20-8-5-6-12-27-20/h5-6,8,12,16H,7,9-11,13-15,17H2,1-4H3,(H,26,33)/t25-/m0/s1. The summed E-state index contributed by atoms with van der Waals surface area (Å²) in [5.41, 5.74) is 1.10. The van der Waals surface area contributed by atoms with Gasteiger partial charge in [-0.1, -0.05) is 13.0 Å². The molecular formula is C25H34N6O2. The van der Waals surface area contributed by atoms with Crippen LogP contribution in [0.3, 0.4) is 0 Å². The van der Waals surface area contributed by atoms with E-state index >= 15 is 0 Å². The van der Waals surface area contributed by atoms with Crippen LogP contribution in [0.1, 0.15) is 60.3 Å². The van der Waals surface area contributed by atoms with Crippen molar-refractivity contribution in [2.45, 2.75) is 50.4 Å². The number of likely N-dealkylation sites (N-methyl/N-ethyl adjacent to an activating group) is 1. The van der Waals surface area contributed by atoms with Gasteiger partial charge in [-0.15, -0.1) is 0 Å². The van der Waals surface area contributed by atoms with Crippen LogP contribution in [0, 0.1) is 6.92 Å². The van der Waals surface area contributed by atoms with Crippen LogP contribution in [0.25, 0.3) is 0 Å². The number of hydrogen-bond donors (Lipinski definition) is 1. The first-order chi connectivity index (χ1) is 15.8. The average molecular weight is 451 g/mol. The third-order valence-electron chi connectivity index (χ3n) is 7.36. The molecule has 2 saturated heterocycles. The van der Waals surface area contributed by atoms with E-state index < -0.39 is 5.41 Å². The maximum absolute atomic E-state index is 13.6. The van der Waals surface area contributed by atoms with Gasteiger partial charge in [0, 0.05) is 31.7 Å². The van der Waals surface area contributed by atoms with Gasteiger partial charge >= 0.3 is 0 Å². The Morgan fingerprint density at radius 1 is 1.06 bits per heavy atom. The van der Waals surface area contributed by atoms with Crippen molar-refractivity contribution in [3.05, 3.63) is 53.4 Å². The summed E-state index contributed by atoms with van der Waals surface area (Å²) in [6.07, 6.45) is 5.06. The van der Waals surface area contributed by atoms with Gasteiger partial charge in [-0.05, 0) is 70.9 Å². The molecule has 2 amide bonds. The Labute approximate surface area is 195 Å². The molecule has 2 aromatic rings. The van der Waals surface area contributed by atoms with Gasteiger partial charge in [-0.3, -0.25) is 14.6 Å². The quantitative estimate of drug-likeness (QED) is 0.767. The van der Waals surface area contributed by atoms with E-state index in [-0.39, 0.29) is 23.8 Å². The molecule has 8 nitrogen and oxygen atoms in total. The predicted molar refractivity (Wildman–Crippen MR) is 126 cm³/mol. The van der Waals surface area contributed by atoms with Crippen molar-refractivity contribution in [2.75, 3.05) is 40.3 Å². The first-order valence-corrected chi connectivity index (χ1v) is 11.8. The molecule has 8 heteroatoms. The van der Waals surface area contributed by atoms with E-state index in [1.807, 2.05) is 31.2 Å². The Kier molecular flexibility index (Phi) is 6.47. The lowest BCUT2D eigenvalue weighted by atomic mass is 9.75. The highest BCUT2D eigenvalue weighted by molar-refractivity contribution is 5.94. The molecule has 33 heavy (non-hydrogen) atoms. The Morgan fingerprint density at radius 2 is 1.82 bits per heavy atom. The van der Waals surface area contributed by atoms with Gasteiger partial charge in [-0.25, -0.2) is 9.97 Å². The first-order valence-electron chi connectivity index (χ1n) is 11.8. The van der Waals surface area contributed by atoms with Crippen molar-refractivity contribution < 1.29 is 9.59 Å². The van der Waals surface area contributed by atoms with Crippen molar-refractivity contribution in [3.8, 4) is 0 Å². The van der Waals surface area contributed by atoms with Crippen molar-refractivity contribution in [3.63, 3.8) is 0 Å². The number of aromatic nitrogens is 3. The minimum atomic E-state index is -0.866. The molecule has 0 bridgehead atoms. The first kappa shape index (κ1) is 23.3. The molecule has 0 saturated carbocycles. The highest BCUT2D eigenvalue weighted by atomic mass is 16.2. The van der Waals surface area contributed by atoms with Crippen LogP contribution in [-0.4, -0.2) is 76.8 Å². The lowest BCUT2D eigenvalue weighted by molar-refractivity contribution is -0.128. The Bertz CT molecular complexity index is 1020. The van der Waals surface area contributed by atoms with Crippen LogP contribution in [0.2, 0.25) is 0 Å². The molecule has 4 heterocycles. The summed E-state index contributed by atoms with van der Waals surface area (Å²) < 4.78 is 0. The van der Waals surface area contributed by atoms with E-state index in [9.17, 15) is 9.59 Å². The zero-order valence-corrected chi connectivity index (χ0v) is 20.1. The molecule has 2 aliphatic rings. The fourth-order valence-electron chi connectivity index (χ4n) is 5.14. The molecule has 0 aromatic carbocycles. The predicted octanol–water partition coefficient (Wildman–Crippen LogP) is 2.08. The topological polar surface area (TPSA) is 91.3 Å². The lowest BCUT2D eigenvalue weighted by Crippen LogP contribution is -2.56. The lowest BCUT2D eigenvalue weighted by Gasteiger charge is -2.41. The Hall–Kier alpha value is -2.87. The van der Waals surface area contributed by atoms with E-state index in [4.69, 9.17) is 4.98 Å². The summed E-state index contributed by atoms with van der Waals surface area (Å²) >= 11 is 0. The number of nitrogens with zero attached hydrogens (tertiary/aromatic N) is 5. The number of amides is 2. The number of carbonyl (C=O) groups is 2. The highest BCUT2D eigenvalue weighted by Crippen LogP contribution is 2.36. The molecular weight excluding hydrogens is 416 g/mol. The molecule has 176 valence electrons. The van der Waals surface area contributed by atoms with E-state index in [1.54, 1.807) is 18.1 Å². The van der Waals surface area contributed by atoms with Gasteiger partial charge in [0.1, 0.15) is 16.9 Å². The van der Waals surface area contributed by atoms with Crippen LogP contribution >= 0.6 is 0 Å². The minimum absolute atomic E-state index is 0.0725. The van der Waals surface area contributed by atoms with Crippen molar-refractivity contribution in [1.82, 2.24) is 30.1 Å². The molecule has 2 fully saturated rings. The van der Waals surface area contributed by atoms with Crippen LogP contribution in [0.15, 0.2) is 30.5 Å². The van der Waals surface area contributed by atoms with Crippen molar-refractivity contribution in [2.24, 2.45) is 0 Å². The number of rotatable bonds is 4. The van der Waals surface area contributed by atoms with Crippen molar-refractivity contribution >= 4 is 11.8 Å². The molecule has 0 unspecified atom stereocenters. The zero-order chi connectivity index (χ0) is 23.6. The van der Waals surface area contributed by atoms with Gasteiger partial charge < -0.3 is 15.1 Å². The second kappa shape index (κ2) is 9.17. The van der Waals surface area contributed by atoms with Gasteiger partial charge in [0.15, 0.2) is 0 Å². The van der Waals surface area contributed by atoms with Crippen LogP contribution < -0.4 is 5.32 Å². The van der Waals surface area contributed by atoms with E-state index in [0.717, 1.165) is 38.0 Å². The third kappa shape index (κ3) is 4.49. The maximum atomic E-state index is 13.6. The average Bonchev–Trinajstić information content (AvgIpc) is 2.85. The van der Waals surface area contributed by atoms with Crippen LogP contribution in [0.5, 0.6) is 0 Å². The number of likely N-dealkylation sites (tertiary alicyclic amines) is 2. The van der Waals surface area contributed by atoms with Crippen molar-refractivity contribution in [1.29, 1.82) is 0 Å². The van der Waals surface area contributed by atoms with E-state index in [1.165, 1.54) is 0 Å². The summed E-state index contributed by atoms with van der Waals surface area (Å²) in [5.74, 6) is 0.342. The maximum Gasteiger partial charge on any atom is 0.272 e. The minimum Gasteiger partial charge on any atom is -0.358 e. The SMILES string of the molecule is CNC(=O)[C@@]1(c2ccccn2)CCCN(C(=O)c2cc(C3(C)CCN(C)CC3)nc(C)n2)C1. The second-order valence-electron chi connectivity index (χ2n) is 9.76. The molecule has 0 spiro atoms. The monoisotopic (exact) mass is 450 g/mol. The molecule has 1 atom stereocenters. The summed E-state index contributed by atoms with van der Waals surface area (Å²) in [4.78, 5) is 44.5. The van der Waals surface area contributed by atoms with E-state index in [2.05, 4.69) is 34.2 Å². The summed E-state index contributed by atoms with van der Waals surface area (Å²) in [6, 6.07) is 7.46. The summed E-state index contributed by atoms with van der Waals surface area (Å²) in [7, 11) is 3.77. The fourth-order valence-corrected chi connectivity index (χ4v) is 5.14. The Morgan fingerprint density at radius 3 is 2.48 bits per heavy atom. The number of hydrogen-bond acceptors (Lipinski definition) is 6. The Balaban J connectivity index is 1.64. The van der Waals surface area contributed by atoms with Gasteiger partial charge in [0.25, 0.3) is 5.91 Å². The zero-order valence-electron chi connectivity index (χ0n) is 20.1. The molecule has 4 rings (SSSR count). The largest absolute Gasteiger partial charge is 0.358 e. The normalized spacial score (nSPS) is 23.2. The van der Waals surface area contributed by atoms with Gasteiger partial charge in [-0.2, -0.15) is 0 Å². The number of pyridine rings is 1. The second-order valence-corrected chi connectivity index (χ2v) is 9.76. The molecule has 2 aromatic heterocycles. The molecule has 2 aliphatic heterocycles. The molecule has 1 N–H and O–H groups in total. The number of piperidine rings is 2. The molecule has 0 aliphatic carbocycles. The van der Waals surface area contributed by atoms with E-state index in [0.29, 0.717) is 30.2 Å². The highest BCUT2D eigenvalue weighted by Gasteiger charge is 2.46.